The number of benzene rings is 2. The van der Waals surface area contributed by atoms with Gasteiger partial charge in [0.2, 0.25) is 0 Å². The van der Waals surface area contributed by atoms with Crippen molar-refractivity contribution in [3.8, 4) is 11.1 Å². The maximum Gasteiger partial charge on any atom is 0.0451 e. The molecule has 96 valence electrons. The van der Waals surface area contributed by atoms with E-state index in [1.807, 2.05) is 13.1 Å². The SMILES string of the molecule is CNCc1cc(-c2cccc3ccsc23)ccc1Cl. The molecule has 0 radical (unpaired) electrons. The quantitative estimate of drug-likeness (QED) is 0.719. The van der Waals surface area contributed by atoms with E-state index in [-0.39, 0.29) is 0 Å². The van der Waals surface area contributed by atoms with Crippen LogP contribution in [0.4, 0.5) is 0 Å². The molecule has 1 nitrogen and oxygen atoms in total. The highest BCUT2D eigenvalue weighted by Gasteiger charge is 2.07. The Morgan fingerprint density at radius 3 is 2.89 bits per heavy atom. The van der Waals surface area contributed by atoms with Crippen molar-refractivity contribution in [3.63, 3.8) is 0 Å². The first kappa shape index (κ1) is 12.7. The van der Waals surface area contributed by atoms with E-state index in [0.29, 0.717) is 0 Å². The summed E-state index contributed by atoms with van der Waals surface area (Å²) in [5.74, 6) is 0. The number of rotatable bonds is 3. The van der Waals surface area contributed by atoms with Crippen LogP contribution in [0, 0.1) is 0 Å². The zero-order chi connectivity index (χ0) is 13.2. The molecule has 2 aromatic carbocycles. The van der Waals surface area contributed by atoms with Gasteiger partial charge in [0.25, 0.3) is 0 Å². The van der Waals surface area contributed by atoms with Crippen molar-refractivity contribution < 1.29 is 0 Å². The summed E-state index contributed by atoms with van der Waals surface area (Å²) in [5.41, 5.74) is 3.64. The number of nitrogens with one attached hydrogen (secondary N) is 1. The van der Waals surface area contributed by atoms with Gasteiger partial charge in [-0.3, -0.25) is 0 Å². The first-order valence-electron chi connectivity index (χ1n) is 6.19. The van der Waals surface area contributed by atoms with Crippen LogP contribution in [0.5, 0.6) is 0 Å². The van der Waals surface area contributed by atoms with Crippen LogP contribution in [-0.4, -0.2) is 7.05 Å². The van der Waals surface area contributed by atoms with Gasteiger partial charge in [0.15, 0.2) is 0 Å². The molecule has 0 aliphatic heterocycles. The van der Waals surface area contributed by atoms with Gasteiger partial charge in [0, 0.05) is 16.3 Å². The lowest BCUT2D eigenvalue weighted by molar-refractivity contribution is 0.818. The maximum absolute atomic E-state index is 6.22. The molecule has 3 rings (SSSR count). The van der Waals surface area contributed by atoms with E-state index in [4.69, 9.17) is 11.6 Å². The molecule has 3 heteroatoms. The molecule has 0 saturated heterocycles. The van der Waals surface area contributed by atoms with Crippen molar-refractivity contribution in [1.29, 1.82) is 0 Å². The van der Waals surface area contributed by atoms with Gasteiger partial charge in [0.1, 0.15) is 0 Å². The van der Waals surface area contributed by atoms with Crippen LogP contribution in [0.25, 0.3) is 21.2 Å². The first-order chi connectivity index (χ1) is 9.29. The smallest absolute Gasteiger partial charge is 0.0451 e. The molecule has 0 fully saturated rings. The van der Waals surface area contributed by atoms with Gasteiger partial charge in [-0.1, -0.05) is 35.9 Å². The zero-order valence-corrected chi connectivity index (χ0v) is 12.2. The average molecular weight is 288 g/mol. The number of hydrogen-bond acceptors (Lipinski definition) is 2. The third-order valence-electron chi connectivity index (χ3n) is 3.20. The first-order valence-corrected chi connectivity index (χ1v) is 7.45. The predicted octanol–water partition coefficient (Wildman–Crippen LogP) is 4.94. The minimum Gasteiger partial charge on any atom is -0.316 e. The van der Waals surface area contributed by atoms with Gasteiger partial charge in [0.05, 0.1) is 0 Å². The molecular weight excluding hydrogens is 274 g/mol. The van der Waals surface area contributed by atoms with Crippen LogP contribution in [0.1, 0.15) is 5.56 Å². The largest absolute Gasteiger partial charge is 0.316 e. The van der Waals surface area contributed by atoms with Gasteiger partial charge >= 0.3 is 0 Å². The molecule has 0 aliphatic carbocycles. The van der Waals surface area contributed by atoms with E-state index in [1.165, 1.54) is 21.2 Å². The van der Waals surface area contributed by atoms with Crippen LogP contribution in [0.2, 0.25) is 5.02 Å². The van der Waals surface area contributed by atoms with Crippen molar-refractivity contribution in [2.45, 2.75) is 6.54 Å². The molecule has 1 N–H and O–H groups in total. The minimum absolute atomic E-state index is 0.785. The third-order valence-corrected chi connectivity index (χ3v) is 4.54. The van der Waals surface area contributed by atoms with Gasteiger partial charge < -0.3 is 5.32 Å². The Morgan fingerprint density at radius 1 is 1.16 bits per heavy atom. The monoisotopic (exact) mass is 287 g/mol. The molecule has 0 bridgehead atoms. The maximum atomic E-state index is 6.22. The summed E-state index contributed by atoms with van der Waals surface area (Å²) < 4.78 is 1.33. The van der Waals surface area contributed by atoms with Crippen LogP contribution in [0.3, 0.4) is 0 Å². The lowest BCUT2D eigenvalue weighted by Gasteiger charge is -2.08. The van der Waals surface area contributed by atoms with E-state index >= 15 is 0 Å². The summed E-state index contributed by atoms with van der Waals surface area (Å²) in [6.07, 6.45) is 0. The number of halogens is 1. The highest BCUT2D eigenvalue weighted by atomic mass is 35.5. The summed E-state index contributed by atoms with van der Waals surface area (Å²) in [4.78, 5) is 0. The van der Waals surface area contributed by atoms with E-state index in [0.717, 1.165) is 17.1 Å². The Bertz CT molecular complexity index is 718. The van der Waals surface area contributed by atoms with E-state index in [1.54, 1.807) is 11.3 Å². The lowest BCUT2D eigenvalue weighted by Crippen LogP contribution is -2.05. The fourth-order valence-corrected chi connectivity index (χ4v) is 3.41. The lowest BCUT2D eigenvalue weighted by atomic mass is 10.0. The molecule has 1 heterocycles. The van der Waals surface area contributed by atoms with E-state index in [9.17, 15) is 0 Å². The van der Waals surface area contributed by atoms with Crippen molar-refractivity contribution in [2.75, 3.05) is 7.05 Å². The summed E-state index contributed by atoms with van der Waals surface area (Å²) in [6, 6.07) is 14.8. The summed E-state index contributed by atoms with van der Waals surface area (Å²) >= 11 is 8.01. The highest BCUT2D eigenvalue weighted by Crippen LogP contribution is 2.34. The molecule has 19 heavy (non-hydrogen) atoms. The van der Waals surface area contributed by atoms with Crippen molar-refractivity contribution in [2.24, 2.45) is 0 Å². The fourth-order valence-electron chi connectivity index (χ4n) is 2.29. The molecule has 0 amide bonds. The molecule has 3 aromatic rings. The Kier molecular flexibility index (Phi) is 3.56. The Balaban J connectivity index is 2.16. The number of thiophene rings is 1. The average Bonchev–Trinajstić information content (AvgIpc) is 2.90. The Labute approximate surface area is 121 Å². The minimum atomic E-state index is 0.785. The van der Waals surface area contributed by atoms with Gasteiger partial charge in [-0.25, -0.2) is 0 Å². The van der Waals surface area contributed by atoms with Gasteiger partial charge in [-0.2, -0.15) is 0 Å². The van der Waals surface area contributed by atoms with Crippen LogP contribution < -0.4 is 5.32 Å². The van der Waals surface area contributed by atoms with Crippen molar-refractivity contribution in [3.05, 3.63) is 58.4 Å². The van der Waals surface area contributed by atoms with E-state index in [2.05, 4.69) is 47.1 Å². The summed E-state index contributed by atoms with van der Waals surface area (Å²) in [7, 11) is 1.93. The molecule has 0 spiro atoms. The molecule has 0 unspecified atom stereocenters. The van der Waals surface area contributed by atoms with Crippen LogP contribution in [0.15, 0.2) is 47.8 Å². The second kappa shape index (κ2) is 5.33. The molecule has 0 saturated carbocycles. The molecule has 0 atom stereocenters. The van der Waals surface area contributed by atoms with Crippen molar-refractivity contribution in [1.82, 2.24) is 5.32 Å². The standard InChI is InChI=1S/C16H14ClNS/c1-18-10-13-9-12(5-6-15(13)17)14-4-2-3-11-7-8-19-16(11)14/h2-9,18H,10H2,1H3. The summed E-state index contributed by atoms with van der Waals surface area (Å²) in [5, 5.41) is 7.41. The highest BCUT2D eigenvalue weighted by molar-refractivity contribution is 7.17. The predicted molar refractivity (Wildman–Crippen MR) is 85.0 cm³/mol. The fraction of sp³-hybridized carbons (Fsp3) is 0.125. The van der Waals surface area contributed by atoms with Crippen LogP contribution >= 0.6 is 22.9 Å². The topological polar surface area (TPSA) is 12.0 Å². The number of fused-ring (bicyclic) bond motifs is 1. The second-order valence-electron chi connectivity index (χ2n) is 4.48. The second-order valence-corrected chi connectivity index (χ2v) is 5.80. The normalized spacial score (nSPS) is 11.1. The zero-order valence-electron chi connectivity index (χ0n) is 10.6. The third kappa shape index (κ3) is 2.39. The Morgan fingerprint density at radius 2 is 2.05 bits per heavy atom. The van der Waals surface area contributed by atoms with Gasteiger partial charge in [-0.15, -0.1) is 11.3 Å². The molecular formula is C16H14ClNS. The molecule has 0 aliphatic rings. The Hall–Kier alpha value is -1.35. The van der Waals surface area contributed by atoms with Crippen molar-refractivity contribution >= 4 is 33.0 Å². The van der Waals surface area contributed by atoms with E-state index < -0.39 is 0 Å². The van der Waals surface area contributed by atoms with Crippen LogP contribution in [-0.2, 0) is 6.54 Å². The molecule has 1 aromatic heterocycles. The van der Waals surface area contributed by atoms with Gasteiger partial charge in [-0.05, 0) is 52.7 Å². The summed E-state index contributed by atoms with van der Waals surface area (Å²) in [6.45, 7) is 0.785. The number of hydrogen-bond donors (Lipinski definition) is 1.